The van der Waals surface area contributed by atoms with Gasteiger partial charge >= 0.3 is 0 Å². The summed E-state index contributed by atoms with van der Waals surface area (Å²) >= 11 is 0. The molecule has 3 aliphatic rings. The molecule has 0 aromatic carbocycles. The van der Waals surface area contributed by atoms with Crippen molar-refractivity contribution in [3.63, 3.8) is 0 Å². The minimum absolute atomic E-state index is 0.363. The van der Waals surface area contributed by atoms with Gasteiger partial charge in [-0.1, -0.05) is 19.3 Å². The van der Waals surface area contributed by atoms with Gasteiger partial charge in [0.1, 0.15) is 0 Å². The lowest BCUT2D eigenvalue weighted by atomic mass is 9.84. The molecule has 1 saturated carbocycles. The van der Waals surface area contributed by atoms with E-state index in [1.165, 1.54) is 64.7 Å². The molecule has 18 heavy (non-hydrogen) atoms. The molecule has 3 heteroatoms. The molecule has 3 fully saturated rings. The summed E-state index contributed by atoms with van der Waals surface area (Å²) < 4.78 is 0. The molecular formula is C15H28N2O. The van der Waals surface area contributed by atoms with Crippen molar-refractivity contribution in [1.82, 2.24) is 9.80 Å². The molecule has 0 bridgehead atoms. The lowest BCUT2D eigenvalue weighted by molar-refractivity contribution is -0.0225. The zero-order chi connectivity index (χ0) is 12.4. The van der Waals surface area contributed by atoms with E-state index >= 15 is 0 Å². The Morgan fingerprint density at radius 3 is 2.39 bits per heavy atom. The minimum atomic E-state index is -0.363. The third-order valence-corrected chi connectivity index (χ3v) is 5.21. The van der Waals surface area contributed by atoms with Crippen LogP contribution in [0.3, 0.4) is 0 Å². The van der Waals surface area contributed by atoms with Crippen LogP contribution in [0.2, 0.25) is 0 Å². The van der Waals surface area contributed by atoms with Crippen molar-refractivity contribution in [2.45, 2.75) is 63.0 Å². The average molecular weight is 252 g/mol. The Kier molecular flexibility index (Phi) is 3.92. The normalized spacial score (nSPS) is 34.2. The summed E-state index contributed by atoms with van der Waals surface area (Å²) in [6, 6.07) is 0.777. The van der Waals surface area contributed by atoms with E-state index in [1.807, 2.05) is 0 Å². The maximum Gasteiger partial charge on any atom is 0.0774 e. The first kappa shape index (κ1) is 12.9. The Bertz CT molecular complexity index is 270. The van der Waals surface area contributed by atoms with Gasteiger partial charge in [0.25, 0.3) is 0 Å². The SMILES string of the molecule is OC1(CN2CCC(N3CCCC3)C2)CCCCC1. The molecule has 3 rings (SSSR count). The quantitative estimate of drug-likeness (QED) is 0.830. The van der Waals surface area contributed by atoms with Gasteiger partial charge in [-0.15, -0.1) is 0 Å². The highest BCUT2D eigenvalue weighted by molar-refractivity contribution is 4.91. The monoisotopic (exact) mass is 252 g/mol. The number of likely N-dealkylation sites (tertiary alicyclic amines) is 2. The summed E-state index contributed by atoms with van der Waals surface area (Å²) in [6.07, 6.45) is 9.91. The molecule has 0 spiro atoms. The second-order valence-electron chi connectivity index (χ2n) is 6.71. The lowest BCUT2D eigenvalue weighted by Crippen LogP contribution is -2.44. The second-order valence-corrected chi connectivity index (χ2v) is 6.71. The van der Waals surface area contributed by atoms with Gasteiger partial charge in [-0.3, -0.25) is 9.80 Å². The van der Waals surface area contributed by atoms with Crippen LogP contribution >= 0.6 is 0 Å². The number of hydrogen-bond donors (Lipinski definition) is 1. The first-order chi connectivity index (χ1) is 8.75. The van der Waals surface area contributed by atoms with Crippen molar-refractivity contribution in [3.05, 3.63) is 0 Å². The second kappa shape index (κ2) is 5.48. The van der Waals surface area contributed by atoms with Crippen LogP contribution in [0.5, 0.6) is 0 Å². The van der Waals surface area contributed by atoms with E-state index in [4.69, 9.17) is 0 Å². The van der Waals surface area contributed by atoms with E-state index in [1.54, 1.807) is 0 Å². The third kappa shape index (κ3) is 2.89. The summed E-state index contributed by atoms with van der Waals surface area (Å²) in [6.45, 7) is 5.94. The highest BCUT2D eigenvalue weighted by Crippen LogP contribution is 2.30. The van der Waals surface area contributed by atoms with Gasteiger partial charge in [0, 0.05) is 19.1 Å². The fraction of sp³-hybridized carbons (Fsp3) is 1.00. The molecule has 1 aliphatic carbocycles. The Labute approximate surface area is 111 Å². The van der Waals surface area contributed by atoms with Crippen molar-refractivity contribution in [2.75, 3.05) is 32.7 Å². The molecule has 104 valence electrons. The van der Waals surface area contributed by atoms with Crippen LogP contribution in [-0.4, -0.2) is 59.3 Å². The number of β-amino-alcohol motifs (C(OH)–C–C–N with tert-alkyl or cyclic N) is 1. The van der Waals surface area contributed by atoms with Gasteiger partial charge in [-0.25, -0.2) is 0 Å². The third-order valence-electron chi connectivity index (χ3n) is 5.21. The Hall–Kier alpha value is -0.120. The van der Waals surface area contributed by atoms with Crippen LogP contribution in [0.4, 0.5) is 0 Å². The van der Waals surface area contributed by atoms with Crippen LogP contribution in [0.25, 0.3) is 0 Å². The summed E-state index contributed by atoms with van der Waals surface area (Å²) in [5.41, 5.74) is -0.363. The summed E-state index contributed by atoms with van der Waals surface area (Å²) in [7, 11) is 0. The topological polar surface area (TPSA) is 26.7 Å². The Morgan fingerprint density at radius 2 is 1.67 bits per heavy atom. The molecule has 2 heterocycles. The minimum Gasteiger partial charge on any atom is -0.389 e. The van der Waals surface area contributed by atoms with E-state index in [0.29, 0.717) is 0 Å². The average Bonchev–Trinajstić information content (AvgIpc) is 2.99. The van der Waals surface area contributed by atoms with Crippen LogP contribution in [0, 0.1) is 0 Å². The maximum atomic E-state index is 10.6. The fourth-order valence-electron chi connectivity index (χ4n) is 4.14. The van der Waals surface area contributed by atoms with Gasteiger partial charge in [0.05, 0.1) is 5.60 Å². The molecule has 2 aliphatic heterocycles. The molecule has 0 aromatic heterocycles. The van der Waals surface area contributed by atoms with Gasteiger partial charge in [0.2, 0.25) is 0 Å². The molecule has 0 amide bonds. The molecule has 0 radical (unpaired) electrons. The van der Waals surface area contributed by atoms with Gasteiger partial charge in [-0.05, 0) is 51.7 Å². The van der Waals surface area contributed by atoms with Gasteiger partial charge in [-0.2, -0.15) is 0 Å². The highest BCUT2D eigenvalue weighted by Gasteiger charge is 2.35. The lowest BCUT2D eigenvalue weighted by Gasteiger charge is -2.35. The van der Waals surface area contributed by atoms with Crippen molar-refractivity contribution in [3.8, 4) is 0 Å². The maximum absolute atomic E-state index is 10.6. The van der Waals surface area contributed by atoms with E-state index in [-0.39, 0.29) is 5.60 Å². The molecule has 2 saturated heterocycles. The number of aliphatic hydroxyl groups is 1. The van der Waals surface area contributed by atoms with Crippen molar-refractivity contribution >= 4 is 0 Å². The fourth-order valence-corrected chi connectivity index (χ4v) is 4.14. The van der Waals surface area contributed by atoms with Gasteiger partial charge < -0.3 is 5.11 Å². The molecule has 1 N–H and O–H groups in total. The van der Waals surface area contributed by atoms with E-state index in [9.17, 15) is 5.11 Å². The Morgan fingerprint density at radius 1 is 0.944 bits per heavy atom. The first-order valence-electron chi connectivity index (χ1n) is 7.94. The van der Waals surface area contributed by atoms with Crippen molar-refractivity contribution in [1.29, 1.82) is 0 Å². The predicted octanol–water partition coefficient (Wildman–Crippen LogP) is 1.85. The smallest absolute Gasteiger partial charge is 0.0774 e. The van der Waals surface area contributed by atoms with Crippen molar-refractivity contribution in [2.24, 2.45) is 0 Å². The molecule has 1 atom stereocenters. The number of nitrogens with zero attached hydrogens (tertiary/aromatic N) is 2. The first-order valence-corrected chi connectivity index (χ1v) is 7.94. The van der Waals surface area contributed by atoms with E-state index in [2.05, 4.69) is 9.80 Å². The molecular weight excluding hydrogens is 224 g/mol. The van der Waals surface area contributed by atoms with Crippen LogP contribution < -0.4 is 0 Å². The van der Waals surface area contributed by atoms with Crippen LogP contribution in [0.1, 0.15) is 51.4 Å². The largest absolute Gasteiger partial charge is 0.389 e. The van der Waals surface area contributed by atoms with Crippen LogP contribution in [-0.2, 0) is 0 Å². The van der Waals surface area contributed by atoms with Crippen molar-refractivity contribution < 1.29 is 5.11 Å². The van der Waals surface area contributed by atoms with Gasteiger partial charge in [0.15, 0.2) is 0 Å². The highest BCUT2D eigenvalue weighted by atomic mass is 16.3. The molecule has 0 aromatic rings. The van der Waals surface area contributed by atoms with E-state index < -0.39 is 0 Å². The zero-order valence-corrected chi connectivity index (χ0v) is 11.6. The Balaban J connectivity index is 1.49. The number of hydrogen-bond acceptors (Lipinski definition) is 3. The summed E-state index contributed by atoms with van der Waals surface area (Å²) in [5, 5.41) is 10.6. The predicted molar refractivity (Wildman–Crippen MR) is 73.7 cm³/mol. The zero-order valence-electron chi connectivity index (χ0n) is 11.6. The molecule has 1 unspecified atom stereocenters. The summed E-state index contributed by atoms with van der Waals surface area (Å²) in [4.78, 5) is 5.19. The standard InChI is InChI=1S/C15H28N2O/c18-15(7-2-1-3-8-15)13-16-11-6-14(12-16)17-9-4-5-10-17/h14,18H,1-13H2. The van der Waals surface area contributed by atoms with E-state index in [0.717, 1.165) is 25.4 Å². The molecule has 3 nitrogen and oxygen atoms in total. The number of rotatable bonds is 3. The summed E-state index contributed by atoms with van der Waals surface area (Å²) in [5.74, 6) is 0. The van der Waals surface area contributed by atoms with Crippen LogP contribution in [0.15, 0.2) is 0 Å².